The van der Waals surface area contributed by atoms with Crippen LogP contribution in [0.3, 0.4) is 0 Å². The van der Waals surface area contributed by atoms with Gasteiger partial charge in [-0.05, 0) is 29.8 Å². The summed E-state index contributed by atoms with van der Waals surface area (Å²) >= 11 is 1.01. The van der Waals surface area contributed by atoms with Gasteiger partial charge in [0, 0.05) is 12.5 Å². The standard InChI is InChI=1S/C25H18F2N4O2S/c26-17-10-11-22(19(27)14-17)31-24(33)18-8-4-5-9-21(18)28-25(31)34-15-23(32)30-13-12-20(29-30)16-6-2-1-3-7-16/h1-11,14H,12-13,15H2. The van der Waals surface area contributed by atoms with Crippen LogP contribution in [0.25, 0.3) is 16.6 Å². The van der Waals surface area contributed by atoms with Crippen molar-refractivity contribution in [3.8, 4) is 5.69 Å². The van der Waals surface area contributed by atoms with E-state index < -0.39 is 17.2 Å². The lowest BCUT2D eigenvalue weighted by molar-refractivity contribution is -0.127. The number of amides is 1. The molecule has 0 saturated heterocycles. The first-order valence-electron chi connectivity index (χ1n) is 10.5. The van der Waals surface area contributed by atoms with Crippen LogP contribution in [0.4, 0.5) is 8.78 Å². The van der Waals surface area contributed by atoms with E-state index in [-0.39, 0.29) is 22.5 Å². The van der Waals surface area contributed by atoms with Gasteiger partial charge in [-0.15, -0.1) is 0 Å². The van der Waals surface area contributed by atoms with Gasteiger partial charge in [0.05, 0.1) is 34.6 Å². The summed E-state index contributed by atoms with van der Waals surface area (Å²) in [5, 5.41) is 6.26. The van der Waals surface area contributed by atoms with Crippen molar-refractivity contribution < 1.29 is 13.6 Å². The Morgan fingerprint density at radius 1 is 1.00 bits per heavy atom. The predicted molar refractivity (Wildman–Crippen MR) is 127 cm³/mol. The van der Waals surface area contributed by atoms with Crippen LogP contribution in [-0.2, 0) is 4.79 Å². The van der Waals surface area contributed by atoms with E-state index in [1.54, 1.807) is 24.3 Å². The first-order valence-corrected chi connectivity index (χ1v) is 11.5. The number of carbonyl (C=O) groups is 1. The Morgan fingerprint density at radius 2 is 1.76 bits per heavy atom. The first kappa shape index (κ1) is 22.0. The molecular weight excluding hydrogens is 458 g/mol. The quantitative estimate of drug-likeness (QED) is 0.317. The number of nitrogens with zero attached hydrogens (tertiary/aromatic N) is 4. The van der Waals surface area contributed by atoms with Gasteiger partial charge in [-0.25, -0.2) is 18.8 Å². The second kappa shape index (κ2) is 9.18. The summed E-state index contributed by atoms with van der Waals surface area (Å²) in [6.07, 6.45) is 0.639. The normalized spacial score (nSPS) is 13.4. The fourth-order valence-corrected chi connectivity index (χ4v) is 4.63. The van der Waals surface area contributed by atoms with Crippen molar-refractivity contribution in [3.05, 3.63) is 100 Å². The van der Waals surface area contributed by atoms with Gasteiger partial charge >= 0.3 is 0 Å². The summed E-state index contributed by atoms with van der Waals surface area (Å²) in [5.74, 6) is -1.97. The van der Waals surface area contributed by atoms with E-state index in [0.717, 1.165) is 33.7 Å². The smallest absolute Gasteiger partial charge is 0.266 e. The second-order valence-corrected chi connectivity index (χ2v) is 8.56. The number of carbonyl (C=O) groups excluding carboxylic acids is 1. The number of aromatic nitrogens is 2. The topological polar surface area (TPSA) is 67.6 Å². The maximum absolute atomic E-state index is 14.6. The van der Waals surface area contributed by atoms with Gasteiger partial charge in [-0.2, -0.15) is 5.10 Å². The molecule has 9 heteroatoms. The van der Waals surface area contributed by atoms with Crippen LogP contribution in [0, 0.1) is 11.6 Å². The maximum atomic E-state index is 14.6. The lowest BCUT2D eigenvalue weighted by Gasteiger charge is -2.15. The summed E-state index contributed by atoms with van der Waals surface area (Å²) in [4.78, 5) is 30.6. The number of fused-ring (bicyclic) bond motifs is 1. The van der Waals surface area contributed by atoms with Gasteiger partial charge in [0.1, 0.15) is 11.6 Å². The zero-order chi connectivity index (χ0) is 23.7. The molecule has 0 unspecified atom stereocenters. The molecule has 34 heavy (non-hydrogen) atoms. The molecule has 4 aromatic rings. The number of para-hydroxylation sites is 1. The lowest BCUT2D eigenvalue weighted by Crippen LogP contribution is -2.27. The fourth-order valence-electron chi connectivity index (χ4n) is 3.76. The summed E-state index contributed by atoms with van der Waals surface area (Å²) in [6, 6.07) is 19.3. The number of thioether (sulfide) groups is 1. The van der Waals surface area contributed by atoms with Gasteiger partial charge in [-0.1, -0.05) is 54.2 Å². The van der Waals surface area contributed by atoms with Crippen LogP contribution in [-0.4, -0.2) is 38.5 Å². The minimum atomic E-state index is -0.899. The number of hydrogen-bond acceptors (Lipinski definition) is 5. The zero-order valence-corrected chi connectivity index (χ0v) is 18.6. The third-order valence-electron chi connectivity index (χ3n) is 5.42. The van der Waals surface area contributed by atoms with Gasteiger partial charge in [-0.3, -0.25) is 14.2 Å². The number of benzene rings is 3. The lowest BCUT2D eigenvalue weighted by atomic mass is 10.1. The molecule has 3 aromatic carbocycles. The molecular formula is C25H18F2N4O2S. The van der Waals surface area contributed by atoms with Gasteiger partial charge < -0.3 is 0 Å². The van der Waals surface area contributed by atoms with Crippen LogP contribution in [0.2, 0.25) is 0 Å². The minimum absolute atomic E-state index is 0.0564. The van der Waals surface area contributed by atoms with Gasteiger partial charge in [0.2, 0.25) is 0 Å². The molecule has 0 fully saturated rings. The molecule has 6 nitrogen and oxygen atoms in total. The van der Waals surface area contributed by atoms with Crippen molar-refractivity contribution in [1.29, 1.82) is 0 Å². The number of hydrogen-bond donors (Lipinski definition) is 0. The van der Waals surface area contributed by atoms with Crippen LogP contribution in [0.1, 0.15) is 12.0 Å². The van der Waals surface area contributed by atoms with Crippen LogP contribution in [0.5, 0.6) is 0 Å². The molecule has 0 bridgehead atoms. The highest BCUT2D eigenvalue weighted by molar-refractivity contribution is 7.99. The van der Waals surface area contributed by atoms with Crippen molar-refractivity contribution in [1.82, 2.24) is 14.6 Å². The average Bonchev–Trinajstić information content (AvgIpc) is 3.35. The molecule has 2 heterocycles. The Labute approximate surface area is 197 Å². The fraction of sp³-hybridized carbons (Fsp3) is 0.120. The Morgan fingerprint density at radius 3 is 2.56 bits per heavy atom. The highest BCUT2D eigenvalue weighted by Gasteiger charge is 2.23. The monoisotopic (exact) mass is 476 g/mol. The highest BCUT2D eigenvalue weighted by Crippen LogP contribution is 2.24. The Balaban J connectivity index is 1.46. The third kappa shape index (κ3) is 4.22. The van der Waals surface area contributed by atoms with E-state index in [4.69, 9.17) is 0 Å². The van der Waals surface area contributed by atoms with Gasteiger partial charge in [0.15, 0.2) is 5.16 Å². The third-order valence-corrected chi connectivity index (χ3v) is 6.34. The van der Waals surface area contributed by atoms with E-state index in [9.17, 15) is 18.4 Å². The van der Waals surface area contributed by atoms with E-state index in [1.165, 1.54) is 11.1 Å². The molecule has 5 rings (SSSR count). The van der Waals surface area contributed by atoms with E-state index >= 15 is 0 Å². The molecule has 0 aliphatic carbocycles. The molecule has 1 aromatic heterocycles. The van der Waals surface area contributed by atoms with E-state index in [1.807, 2.05) is 30.3 Å². The molecule has 0 radical (unpaired) electrons. The summed E-state index contributed by atoms with van der Waals surface area (Å²) in [6.45, 7) is 0.453. The SMILES string of the molecule is O=C(CSc1nc2ccccc2c(=O)n1-c1ccc(F)cc1F)N1CCC(c2ccccc2)=N1. The van der Waals surface area contributed by atoms with Crippen LogP contribution in [0.15, 0.2) is 87.8 Å². The number of rotatable bonds is 5. The molecule has 1 amide bonds. The van der Waals surface area contributed by atoms with Crippen molar-refractivity contribution >= 4 is 34.3 Å². The van der Waals surface area contributed by atoms with Crippen molar-refractivity contribution in [2.24, 2.45) is 5.10 Å². The Hall–Kier alpha value is -3.85. The van der Waals surface area contributed by atoms with Gasteiger partial charge in [0.25, 0.3) is 11.5 Å². The first-order chi connectivity index (χ1) is 16.5. The summed E-state index contributed by atoms with van der Waals surface area (Å²) < 4.78 is 29.2. The Bertz CT molecular complexity index is 1490. The molecule has 0 saturated carbocycles. The summed E-state index contributed by atoms with van der Waals surface area (Å²) in [7, 11) is 0. The van der Waals surface area contributed by atoms with Crippen LogP contribution < -0.4 is 5.56 Å². The highest BCUT2D eigenvalue weighted by atomic mass is 32.2. The molecule has 0 spiro atoms. The number of halogens is 2. The predicted octanol–water partition coefficient (Wildman–Crippen LogP) is 4.39. The number of hydrazone groups is 1. The van der Waals surface area contributed by atoms with E-state index in [2.05, 4.69) is 10.1 Å². The maximum Gasteiger partial charge on any atom is 0.266 e. The second-order valence-electron chi connectivity index (χ2n) is 7.62. The molecule has 1 aliphatic rings. The molecule has 1 aliphatic heterocycles. The molecule has 0 atom stereocenters. The Kier molecular flexibility index (Phi) is 5.93. The largest absolute Gasteiger partial charge is 0.272 e. The molecule has 0 N–H and O–H groups in total. The zero-order valence-electron chi connectivity index (χ0n) is 17.8. The van der Waals surface area contributed by atoms with Crippen LogP contribution >= 0.6 is 11.8 Å². The van der Waals surface area contributed by atoms with Crippen molar-refractivity contribution in [3.63, 3.8) is 0 Å². The summed E-state index contributed by atoms with van der Waals surface area (Å²) in [5.41, 5.74) is 1.57. The van der Waals surface area contributed by atoms with Crippen molar-refractivity contribution in [2.75, 3.05) is 12.3 Å². The van der Waals surface area contributed by atoms with Crippen molar-refractivity contribution in [2.45, 2.75) is 11.6 Å². The minimum Gasteiger partial charge on any atom is -0.272 e. The van der Waals surface area contributed by atoms with E-state index in [0.29, 0.717) is 29.9 Å². The average molecular weight is 477 g/mol. The molecule has 170 valence electrons.